The first-order valence-electron chi connectivity index (χ1n) is 7.46. The second-order valence-electron chi connectivity index (χ2n) is 5.72. The fourth-order valence-electron chi connectivity index (χ4n) is 3.37. The van der Waals surface area contributed by atoms with Crippen LogP contribution < -0.4 is 0 Å². The number of hydrogen-bond acceptors (Lipinski definition) is 2. The zero-order valence-electron chi connectivity index (χ0n) is 12.4. The Hall–Kier alpha value is -0.190. The fourth-order valence-corrected chi connectivity index (χ4v) is 4.84. The molecule has 0 saturated heterocycles. The molecular formula is C16H20BrClN2S. The van der Waals surface area contributed by atoms with Crippen molar-refractivity contribution < 1.29 is 0 Å². The predicted molar refractivity (Wildman–Crippen MR) is 96.5 cm³/mol. The first-order chi connectivity index (χ1) is 10.1. The first-order valence-corrected chi connectivity index (χ1v) is 9.98. The van der Waals surface area contributed by atoms with Crippen LogP contribution in [0.15, 0.2) is 22.7 Å². The number of hydrogen-bond donors (Lipinski definition) is 0. The Morgan fingerprint density at radius 3 is 2.86 bits per heavy atom. The topological polar surface area (TPSA) is 17.8 Å². The molecule has 2 nitrogen and oxygen atoms in total. The van der Waals surface area contributed by atoms with Crippen LogP contribution in [0.5, 0.6) is 0 Å². The molecule has 1 heterocycles. The molecule has 1 aromatic carbocycles. The summed E-state index contributed by atoms with van der Waals surface area (Å²) in [7, 11) is 0. The van der Waals surface area contributed by atoms with Crippen molar-refractivity contribution in [3.05, 3.63) is 28.5 Å². The standard InChI is InChI=1S/C16H20BrClN2S/c1-10(18)16-19-12-9-11(17)7-8-13(12)20(16)14-5-3-4-6-15(14)21-2/h7-10,14-15H,3-6H2,1-2H3. The summed E-state index contributed by atoms with van der Waals surface area (Å²) in [6, 6.07) is 6.86. The van der Waals surface area contributed by atoms with Gasteiger partial charge in [-0.05, 0) is 44.2 Å². The van der Waals surface area contributed by atoms with Crippen LogP contribution in [0.1, 0.15) is 49.9 Å². The number of imidazole rings is 1. The van der Waals surface area contributed by atoms with Gasteiger partial charge in [0.05, 0.1) is 16.4 Å². The van der Waals surface area contributed by atoms with Crippen LogP contribution in [0.25, 0.3) is 11.0 Å². The number of thioether (sulfide) groups is 1. The Balaban J connectivity index is 2.16. The highest BCUT2D eigenvalue weighted by Crippen LogP contribution is 2.40. The van der Waals surface area contributed by atoms with Crippen molar-refractivity contribution in [2.75, 3.05) is 6.26 Å². The normalized spacial score (nSPS) is 24.4. The molecule has 0 aliphatic heterocycles. The van der Waals surface area contributed by atoms with Gasteiger partial charge in [0.25, 0.3) is 0 Å². The molecule has 21 heavy (non-hydrogen) atoms. The van der Waals surface area contributed by atoms with Crippen molar-refractivity contribution >= 4 is 50.3 Å². The summed E-state index contributed by atoms with van der Waals surface area (Å²) in [6.45, 7) is 2.02. The minimum absolute atomic E-state index is 0.0689. The van der Waals surface area contributed by atoms with E-state index < -0.39 is 0 Å². The lowest BCUT2D eigenvalue weighted by molar-refractivity contribution is 0.363. The van der Waals surface area contributed by atoms with E-state index in [1.807, 2.05) is 18.7 Å². The van der Waals surface area contributed by atoms with E-state index in [1.165, 1.54) is 31.2 Å². The van der Waals surface area contributed by atoms with Gasteiger partial charge in [-0.2, -0.15) is 11.8 Å². The molecule has 1 fully saturated rings. The van der Waals surface area contributed by atoms with Crippen molar-refractivity contribution in [2.24, 2.45) is 0 Å². The van der Waals surface area contributed by atoms with Crippen molar-refractivity contribution in [2.45, 2.75) is 49.3 Å². The lowest BCUT2D eigenvalue weighted by Gasteiger charge is -2.33. The molecule has 3 atom stereocenters. The Morgan fingerprint density at radius 2 is 2.14 bits per heavy atom. The van der Waals surface area contributed by atoms with Gasteiger partial charge >= 0.3 is 0 Å². The maximum atomic E-state index is 6.43. The second-order valence-corrected chi connectivity index (χ2v) is 8.36. The molecule has 0 bridgehead atoms. The summed E-state index contributed by atoms with van der Waals surface area (Å²) in [4.78, 5) is 4.81. The Bertz CT molecular complexity index is 640. The van der Waals surface area contributed by atoms with E-state index in [0.29, 0.717) is 11.3 Å². The lowest BCUT2D eigenvalue weighted by atomic mass is 9.94. The summed E-state index contributed by atoms with van der Waals surface area (Å²) in [5, 5.41) is 0.592. The maximum Gasteiger partial charge on any atom is 0.128 e. The number of benzene rings is 1. The first kappa shape index (κ1) is 15.7. The molecule has 0 radical (unpaired) electrons. The van der Waals surface area contributed by atoms with Crippen LogP contribution in [0.3, 0.4) is 0 Å². The lowest BCUT2D eigenvalue weighted by Crippen LogP contribution is -2.26. The average Bonchev–Trinajstić information content (AvgIpc) is 2.85. The molecule has 0 spiro atoms. The summed E-state index contributed by atoms with van der Waals surface area (Å²) in [5.74, 6) is 1.01. The Labute approximate surface area is 143 Å². The zero-order valence-corrected chi connectivity index (χ0v) is 15.5. The molecule has 1 aromatic heterocycles. The van der Waals surface area contributed by atoms with Crippen LogP contribution in [0.2, 0.25) is 0 Å². The number of nitrogens with zero attached hydrogens (tertiary/aromatic N) is 2. The number of rotatable bonds is 3. The highest BCUT2D eigenvalue weighted by molar-refractivity contribution is 9.10. The van der Waals surface area contributed by atoms with Crippen molar-refractivity contribution in [1.29, 1.82) is 0 Å². The van der Waals surface area contributed by atoms with Gasteiger partial charge in [-0.15, -0.1) is 11.6 Å². The predicted octanol–water partition coefficient (Wildman–Crippen LogP) is 5.95. The number of fused-ring (bicyclic) bond motifs is 1. The largest absolute Gasteiger partial charge is 0.322 e. The van der Waals surface area contributed by atoms with E-state index in [1.54, 1.807) is 0 Å². The van der Waals surface area contributed by atoms with Crippen molar-refractivity contribution in [3.63, 3.8) is 0 Å². The Kier molecular flexibility index (Phi) is 4.87. The minimum atomic E-state index is -0.0689. The summed E-state index contributed by atoms with van der Waals surface area (Å²) < 4.78 is 3.48. The van der Waals surface area contributed by atoms with Gasteiger partial charge < -0.3 is 4.57 Å². The molecule has 114 valence electrons. The number of halogens is 2. The van der Waals surface area contributed by atoms with E-state index in [0.717, 1.165) is 15.8 Å². The number of alkyl halides is 1. The average molecular weight is 388 g/mol. The molecule has 5 heteroatoms. The van der Waals surface area contributed by atoms with Gasteiger partial charge in [-0.1, -0.05) is 28.8 Å². The van der Waals surface area contributed by atoms with Crippen LogP contribution >= 0.6 is 39.3 Å². The third kappa shape index (κ3) is 2.99. The highest BCUT2D eigenvalue weighted by atomic mass is 79.9. The molecule has 3 unspecified atom stereocenters. The third-order valence-corrected chi connectivity index (χ3v) is 6.18. The maximum absolute atomic E-state index is 6.43. The number of aromatic nitrogens is 2. The van der Waals surface area contributed by atoms with Gasteiger partial charge in [0.1, 0.15) is 5.82 Å². The van der Waals surface area contributed by atoms with Crippen molar-refractivity contribution in [1.82, 2.24) is 9.55 Å². The zero-order chi connectivity index (χ0) is 15.0. The fraction of sp³-hybridized carbons (Fsp3) is 0.562. The van der Waals surface area contributed by atoms with Crippen LogP contribution in [-0.4, -0.2) is 21.1 Å². The summed E-state index contributed by atoms with van der Waals surface area (Å²) in [6.07, 6.45) is 7.38. The van der Waals surface area contributed by atoms with E-state index >= 15 is 0 Å². The monoisotopic (exact) mass is 386 g/mol. The Morgan fingerprint density at radius 1 is 1.38 bits per heavy atom. The van der Waals surface area contributed by atoms with Crippen LogP contribution in [-0.2, 0) is 0 Å². The highest BCUT2D eigenvalue weighted by Gasteiger charge is 2.30. The van der Waals surface area contributed by atoms with Crippen molar-refractivity contribution in [3.8, 4) is 0 Å². The van der Waals surface area contributed by atoms with E-state index in [9.17, 15) is 0 Å². The van der Waals surface area contributed by atoms with Crippen LogP contribution in [0.4, 0.5) is 0 Å². The van der Waals surface area contributed by atoms with Gasteiger partial charge in [0.15, 0.2) is 0 Å². The molecule has 1 aliphatic carbocycles. The molecular weight excluding hydrogens is 368 g/mol. The minimum Gasteiger partial charge on any atom is -0.322 e. The quantitative estimate of drug-likeness (QED) is 0.606. The molecule has 1 aliphatic rings. The van der Waals surface area contributed by atoms with Gasteiger partial charge in [-0.3, -0.25) is 0 Å². The molecule has 3 rings (SSSR count). The summed E-state index contributed by atoms with van der Waals surface area (Å²) >= 11 is 11.9. The smallest absolute Gasteiger partial charge is 0.128 e. The SMILES string of the molecule is CSC1CCCCC1n1c(C(C)Cl)nc2cc(Br)ccc21. The molecule has 2 aromatic rings. The van der Waals surface area contributed by atoms with E-state index in [4.69, 9.17) is 16.6 Å². The second kappa shape index (κ2) is 6.51. The third-order valence-electron chi connectivity index (χ3n) is 4.34. The molecule has 0 N–H and O–H groups in total. The molecule has 1 saturated carbocycles. The van der Waals surface area contributed by atoms with Crippen LogP contribution in [0, 0.1) is 0 Å². The van der Waals surface area contributed by atoms with E-state index in [-0.39, 0.29) is 5.38 Å². The van der Waals surface area contributed by atoms with Gasteiger partial charge in [0.2, 0.25) is 0 Å². The molecule has 0 amide bonds. The summed E-state index contributed by atoms with van der Waals surface area (Å²) in [5.41, 5.74) is 2.25. The van der Waals surface area contributed by atoms with Gasteiger partial charge in [-0.25, -0.2) is 4.98 Å². The van der Waals surface area contributed by atoms with E-state index in [2.05, 4.69) is 45.0 Å². The van der Waals surface area contributed by atoms with Gasteiger partial charge in [0, 0.05) is 15.8 Å².